The van der Waals surface area contributed by atoms with Crippen molar-refractivity contribution in [2.75, 3.05) is 0 Å². The Hall–Kier alpha value is -2.09. The molecule has 0 unspecified atom stereocenters. The summed E-state index contributed by atoms with van der Waals surface area (Å²) in [5.41, 5.74) is 2.91. The highest BCUT2D eigenvalue weighted by Crippen LogP contribution is 2.05. The first-order chi connectivity index (χ1) is 8.79. The molecule has 1 N–H and O–H groups in total. The quantitative estimate of drug-likeness (QED) is 0.871. The summed E-state index contributed by atoms with van der Waals surface area (Å²) in [7, 11) is 0. The van der Waals surface area contributed by atoms with E-state index in [1.54, 1.807) is 0 Å². The summed E-state index contributed by atoms with van der Waals surface area (Å²) in [4.78, 5) is 11.9. The van der Waals surface area contributed by atoms with E-state index in [0.29, 0.717) is 12.1 Å². The number of rotatable bonds is 4. The molecule has 91 valence electrons. The summed E-state index contributed by atoms with van der Waals surface area (Å²) in [5, 5.41) is 2.90. The van der Waals surface area contributed by atoms with Gasteiger partial charge in [-0.05, 0) is 36.6 Å². The van der Waals surface area contributed by atoms with E-state index in [2.05, 4.69) is 12.2 Å². The molecular weight excluding hydrogens is 222 g/mol. The van der Waals surface area contributed by atoms with Crippen LogP contribution in [0.5, 0.6) is 0 Å². The van der Waals surface area contributed by atoms with E-state index in [1.807, 2.05) is 54.6 Å². The van der Waals surface area contributed by atoms with Gasteiger partial charge in [-0.2, -0.15) is 0 Å². The highest BCUT2D eigenvalue weighted by Gasteiger charge is 2.04. The first kappa shape index (κ1) is 12.4. The molecule has 2 rings (SSSR count). The van der Waals surface area contributed by atoms with Gasteiger partial charge in [0.25, 0.3) is 5.91 Å². The molecule has 0 aliphatic heterocycles. The summed E-state index contributed by atoms with van der Waals surface area (Å²) in [6.45, 7) is 4.36. The molecule has 0 aliphatic rings. The third-order valence-corrected chi connectivity index (χ3v) is 2.80. The third-order valence-electron chi connectivity index (χ3n) is 2.80. The highest BCUT2D eigenvalue weighted by atomic mass is 16.1. The number of amides is 1. The van der Waals surface area contributed by atoms with E-state index in [-0.39, 0.29) is 5.91 Å². The molecule has 2 aromatic carbocycles. The van der Waals surface area contributed by atoms with Crippen molar-refractivity contribution in [3.8, 4) is 0 Å². The van der Waals surface area contributed by atoms with Gasteiger partial charge in [-0.3, -0.25) is 4.79 Å². The van der Waals surface area contributed by atoms with Gasteiger partial charge in [0.15, 0.2) is 0 Å². The topological polar surface area (TPSA) is 29.1 Å². The maximum absolute atomic E-state index is 11.9. The lowest BCUT2D eigenvalue weighted by Crippen LogP contribution is -2.22. The first-order valence-electron chi connectivity index (χ1n) is 6.00. The Bertz CT molecular complexity index is 502. The number of nitrogens with one attached hydrogen (secondary N) is 1. The molecule has 1 radical (unpaired) electrons. The largest absolute Gasteiger partial charge is 0.348 e. The Balaban J connectivity index is 1.95. The highest BCUT2D eigenvalue weighted by molar-refractivity contribution is 5.94. The maximum Gasteiger partial charge on any atom is 0.251 e. The fourth-order valence-corrected chi connectivity index (χ4v) is 1.70. The van der Waals surface area contributed by atoms with E-state index in [9.17, 15) is 4.79 Å². The van der Waals surface area contributed by atoms with Crippen molar-refractivity contribution in [3.05, 3.63) is 78.2 Å². The molecule has 0 spiro atoms. The summed E-state index contributed by atoms with van der Waals surface area (Å²) >= 11 is 0. The second-order valence-electron chi connectivity index (χ2n) is 4.12. The molecule has 0 saturated carbocycles. The minimum atomic E-state index is -0.0468. The molecule has 0 aliphatic carbocycles. The monoisotopic (exact) mass is 238 g/mol. The number of carbonyl (C=O) groups is 1. The number of carbonyl (C=O) groups excluding carboxylic acids is 1. The zero-order chi connectivity index (χ0) is 12.8. The average molecular weight is 238 g/mol. The van der Waals surface area contributed by atoms with Crippen LogP contribution in [0.1, 0.15) is 21.5 Å². The average Bonchev–Trinajstić information content (AvgIpc) is 2.46. The molecule has 0 aromatic heterocycles. The van der Waals surface area contributed by atoms with Gasteiger partial charge >= 0.3 is 0 Å². The Labute approximate surface area is 108 Å². The minimum absolute atomic E-state index is 0.0468. The zero-order valence-electron chi connectivity index (χ0n) is 10.2. The molecule has 18 heavy (non-hydrogen) atoms. The third kappa shape index (κ3) is 3.20. The van der Waals surface area contributed by atoms with Crippen molar-refractivity contribution in [1.82, 2.24) is 5.32 Å². The Morgan fingerprint density at radius 3 is 2.22 bits per heavy atom. The van der Waals surface area contributed by atoms with Crippen molar-refractivity contribution < 1.29 is 4.79 Å². The molecule has 2 nitrogen and oxygen atoms in total. The van der Waals surface area contributed by atoms with Gasteiger partial charge in [0, 0.05) is 12.1 Å². The Kier molecular flexibility index (Phi) is 4.13. The van der Waals surface area contributed by atoms with Crippen LogP contribution in [0.3, 0.4) is 0 Å². The Morgan fingerprint density at radius 2 is 1.61 bits per heavy atom. The van der Waals surface area contributed by atoms with E-state index in [4.69, 9.17) is 0 Å². The normalized spacial score (nSPS) is 10.1. The predicted molar refractivity (Wildman–Crippen MR) is 73.1 cm³/mol. The molecule has 0 fully saturated rings. The van der Waals surface area contributed by atoms with Gasteiger partial charge in [-0.25, -0.2) is 0 Å². The van der Waals surface area contributed by atoms with Crippen LogP contribution in [0.15, 0.2) is 54.6 Å². The van der Waals surface area contributed by atoms with Crippen molar-refractivity contribution in [3.63, 3.8) is 0 Å². The van der Waals surface area contributed by atoms with Crippen LogP contribution in [0.4, 0.5) is 0 Å². The fourth-order valence-electron chi connectivity index (χ4n) is 1.70. The molecule has 0 bridgehead atoms. The molecule has 0 saturated heterocycles. The van der Waals surface area contributed by atoms with E-state index in [0.717, 1.165) is 17.5 Å². The predicted octanol–water partition coefficient (Wildman–Crippen LogP) is 2.99. The SMILES string of the molecule is [CH2]Cc1ccc(C(=O)NCc2ccccc2)cc1. The lowest BCUT2D eigenvalue weighted by atomic mass is 10.1. The van der Waals surface area contributed by atoms with E-state index in [1.165, 1.54) is 0 Å². The van der Waals surface area contributed by atoms with Gasteiger partial charge in [0.05, 0.1) is 0 Å². The minimum Gasteiger partial charge on any atom is -0.348 e. The number of benzene rings is 2. The van der Waals surface area contributed by atoms with Gasteiger partial charge in [0.1, 0.15) is 0 Å². The summed E-state index contributed by atoms with van der Waals surface area (Å²) in [5.74, 6) is -0.0468. The first-order valence-corrected chi connectivity index (χ1v) is 6.00. The fraction of sp³-hybridized carbons (Fsp3) is 0.125. The molecule has 2 heteroatoms. The lowest BCUT2D eigenvalue weighted by Gasteiger charge is -2.06. The summed E-state index contributed by atoms with van der Waals surface area (Å²) in [6.07, 6.45) is 0.742. The van der Waals surface area contributed by atoms with Crippen LogP contribution < -0.4 is 5.32 Å². The van der Waals surface area contributed by atoms with E-state index < -0.39 is 0 Å². The molecular formula is C16H16NO. The van der Waals surface area contributed by atoms with Crippen LogP contribution >= 0.6 is 0 Å². The van der Waals surface area contributed by atoms with Gasteiger partial charge in [-0.15, -0.1) is 0 Å². The van der Waals surface area contributed by atoms with Crippen molar-refractivity contribution in [2.45, 2.75) is 13.0 Å². The molecule has 1 amide bonds. The van der Waals surface area contributed by atoms with Gasteiger partial charge in [0.2, 0.25) is 0 Å². The van der Waals surface area contributed by atoms with Crippen molar-refractivity contribution in [2.24, 2.45) is 0 Å². The standard InChI is InChI=1S/C16H16NO/c1-2-13-8-10-15(11-9-13)16(18)17-12-14-6-4-3-5-7-14/h3-11H,1-2,12H2,(H,17,18). The maximum atomic E-state index is 11.9. The zero-order valence-corrected chi connectivity index (χ0v) is 10.2. The van der Waals surface area contributed by atoms with Crippen molar-refractivity contribution in [1.29, 1.82) is 0 Å². The van der Waals surface area contributed by atoms with Crippen LogP contribution in [0.25, 0.3) is 0 Å². The van der Waals surface area contributed by atoms with Crippen LogP contribution in [-0.4, -0.2) is 5.91 Å². The Morgan fingerprint density at radius 1 is 0.944 bits per heavy atom. The van der Waals surface area contributed by atoms with Crippen LogP contribution in [0, 0.1) is 6.92 Å². The van der Waals surface area contributed by atoms with Gasteiger partial charge in [-0.1, -0.05) is 42.5 Å². The number of hydrogen-bond acceptors (Lipinski definition) is 1. The second-order valence-corrected chi connectivity index (χ2v) is 4.12. The summed E-state index contributed by atoms with van der Waals surface area (Å²) in [6, 6.07) is 17.4. The van der Waals surface area contributed by atoms with Gasteiger partial charge < -0.3 is 5.32 Å². The molecule has 0 heterocycles. The molecule has 2 aromatic rings. The van der Waals surface area contributed by atoms with Crippen molar-refractivity contribution >= 4 is 5.91 Å². The van der Waals surface area contributed by atoms with E-state index >= 15 is 0 Å². The second kappa shape index (κ2) is 6.01. The number of hydrogen-bond donors (Lipinski definition) is 1. The lowest BCUT2D eigenvalue weighted by molar-refractivity contribution is 0.0951. The summed E-state index contributed by atoms with van der Waals surface area (Å²) < 4.78 is 0. The smallest absolute Gasteiger partial charge is 0.251 e. The van der Waals surface area contributed by atoms with Crippen LogP contribution in [0.2, 0.25) is 0 Å². The molecule has 0 atom stereocenters. The van der Waals surface area contributed by atoms with Crippen LogP contribution in [-0.2, 0) is 13.0 Å².